The average Bonchev–Trinajstić information content (AvgIpc) is 3.15. The summed E-state index contributed by atoms with van der Waals surface area (Å²) >= 11 is 0. The Bertz CT molecular complexity index is 685. The number of hydrogen-bond acceptors (Lipinski definition) is 5. The minimum atomic E-state index is -0.188. The quantitative estimate of drug-likeness (QED) is 0.881. The van der Waals surface area contributed by atoms with E-state index in [-0.39, 0.29) is 12.0 Å². The van der Waals surface area contributed by atoms with Crippen LogP contribution in [0.3, 0.4) is 0 Å². The third kappa shape index (κ3) is 3.21. The van der Waals surface area contributed by atoms with E-state index in [1.165, 1.54) is 0 Å². The number of ether oxygens (including phenoxy) is 1. The number of aliphatic hydroxyl groups is 1. The van der Waals surface area contributed by atoms with Crippen LogP contribution in [0.25, 0.3) is 5.69 Å². The minimum absolute atomic E-state index is 0.115. The van der Waals surface area contributed by atoms with Gasteiger partial charge >= 0.3 is 0 Å². The number of hydrogen-bond donors (Lipinski definition) is 2. The first kappa shape index (κ1) is 15.5. The van der Waals surface area contributed by atoms with Gasteiger partial charge in [0.15, 0.2) is 0 Å². The number of aromatic nitrogens is 2. The lowest BCUT2D eigenvalue weighted by Crippen LogP contribution is -2.39. The van der Waals surface area contributed by atoms with E-state index in [4.69, 9.17) is 4.74 Å². The van der Waals surface area contributed by atoms with Crippen molar-refractivity contribution in [3.63, 3.8) is 0 Å². The SMILES string of the molecule is N#Cc1c(NCC2(CO)CCOCC2)cccc1-n1cccn1. The number of anilines is 1. The molecule has 1 aliphatic heterocycles. The van der Waals surface area contributed by atoms with Crippen LogP contribution in [0, 0.1) is 16.7 Å². The van der Waals surface area contributed by atoms with E-state index in [0.29, 0.717) is 25.3 Å². The number of nitrogens with zero attached hydrogens (tertiary/aromatic N) is 3. The first-order chi connectivity index (χ1) is 11.3. The summed E-state index contributed by atoms with van der Waals surface area (Å²) in [6, 6.07) is 9.74. The maximum absolute atomic E-state index is 9.78. The van der Waals surface area contributed by atoms with Crippen molar-refractivity contribution in [3.8, 4) is 11.8 Å². The Morgan fingerprint density at radius 3 is 2.83 bits per heavy atom. The Balaban J connectivity index is 1.83. The van der Waals surface area contributed by atoms with E-state index in [0.717, 1.165) is 24.2 Å². The summed E-state index contributed by atoms with van der Waals surface area (Å²) in [4.78, 5) is 0. The molecule has 6 nitrogen and oxygen atoms in total. The zero-order valence-corrected chi connectivity index (χ0v) is 12.9. The van der Waals surface area contributed by atoms with Gasteiger partial charge in [-0.15, -0.1) is 0 Å². The van der Waals surface area contributed by atoms with Gasteiger partial charge in [0, 0.05) is 37.6 Å². The zero-order chi connectivity index (χ0) is 16.1. The van der Waals surface area contributed by atoms with Gasteiger partial charge in [-0.05, 0) is 31.0 Å². The molecule has 1 fully saturated rings. The van der Waals surface area contributed by atoms with Crippen molar-refractivity contribution in [1.29, 1.82) is 5.26 Å². The molecule has 0 atom stereocenters. The lowest BCUT2D eigenvalue weighted by atomic mass is 9.81. The van der Waals surface area contributed by atoms with Crippen LogP contribution < -0.4 is 5.32 Å². The number of benzene rings is 1. The summed E-state index contributed by atoms with van der Waals surface area (Å²) in [6.07, 6.45) is 5.13. The van der Waals surface area contributed by atoms with Gasteiger partial charge in [0.2, 0.25) is 0 Å². The summed E-state index contributed by atoms with van der Waals surface area (Å²) in [6.45, 7) is 2.07. The third-order valence-corrected chi connectivity index (χ3v) is 4.45. The highest BCUT2D eigenvalue weighted by Gasteiger charge is 2.32. The lowest BCUT2D eigenvalue weighted by molar-refractivity contribution is -0.00858. The van der Waals surface area contributed by atoms with Crippen molar-refractivity contribution in [1.82, 2.24) is 9.78 Å². The summed E-state index contributed by atoms with van der Waals surface area (Å²) in [7, 11) is 0. The Morgan fingerprint density at radius 2 is 2.17 bits per heavy atom. The van der Waals surface area contributed by atoms with Crippen LogP contribution in [0.15, 0.2) is 36.7 Å². The van der Waals surface area contributed by atoms with Gasteiger partial charge in [-0.25, -0.2) is 4.68 Å². The molecule has 1 saturated heterocycles. The average molecular weight is 312 g/mol. The Morgan fingerprint density at radius 1 is 1.35 bits per heavy atom. The van der Waals surface area contributed by atoms with E-state index < -0.39 is 0 Å². The normalized spacial score (nSPS) is 16.7. The van der Waals surface area contributed by atoms with Gasteiger partial charge in [-0.1, -0.05) is 6.07 Å². The van der Waals surface area contributed by atoms with Gasteiger partial charge in [0.25, 0.3) is 0 Å². The monoisotopic (exact) mass is 312 g/mol. The van der Waals surface area contributed by atoms with E-state index >= 15 is 0 Å². The molecule has 2 aromatic rings. The van der Waals surface area contributed by atoms with Crippen molar-refractivity contribution in [2.75, 3.05) is 31.7 Å². The maximum Gasteiger partial charge on any atom is 0.104 e. The highest BCUT2D eigenvalue weighted by atomic mass is 16.5. The second-order valence-corrected chi connectivity index (χ2v) is 5.89. The van der Waals surface area contributed by atoms with E-state index in [1.807, 2.05) is 30.5 Å². The molecule has 6 heteroatoms. The largest absolute Gasteiger partial charge is 0.396 e. The Hall–Kier alpha value is -2.36. The Labute approximate surface area is 135 Å². The van der Waals surface area contributed by atoms with Crippen LogP contribution in [0.2, 0.25) is 0 Å². The second-order valence-electron chi connectivity index (χ2n) is 5.89. The molecule has 3 rings (SSSR count). The van der Waals surface area contributed by atoms with E-state index in [9.17, 15) is 10.4 Å². The summed E-state index contributed by atoms with van der Waals surface area (Å²) in [5, 5.41) is 26.9. The molecular formula is C17H20N4O2. The summed E-state index contributed by atoms with van der Waals surface area (Å²) < 4.78 is 7.07. The molecule has 1 aromatic carbocycles. The van der Waals surface area contributed by atoms with Crippen LogP contribution >= 0.6 is 0 Å². The molecule has 2 heterocycles. The topological polar surface area (TPSA) is 83.1 Å². The lowest BCUT2D eigenvalue weighted by Gasteiger charge is -2.36. The number of aliphatic hydroxyl groups excluding tert-OH is 1. The maximum atomic E-state index is 9.78. The van der Waals surface area contributed by atoms with Crippen molar-refractivity contribution >= 4 is 5.69 Å². The molecule has 120 valence electrons. The molecule has 0 bridgehead atoms. The van der Waals surface area contributed by atoms with Crippen LogP contribution in [0.1, 0.15) is 18.4 Å². The fourth-order valence-corrected chi connectivity index (χ4v) is 2.89. The van der Waals surface area contributed by atoms with Gasteiger partial charge < -0.3 is 15.2 Å². The standard InChI is InChI=1S/C17H20N4O2/c18-11-14-15(3-1-4-16(14)21-8-2-7-20-21)19-12-17(13-22)5-9-23-10-6-17/h1-4,7-8,19,22H,5-6,9-10,12-13H2. The molecule has 1 aliphatic rings. The van der Waals surface area contributed by atoms with Crippen molar-refractivity contribution < 1.29 is 9.84 Å². The first-order valence-corrected chi connectivity index (χ1v) is 7.74. The number of nitrogens with one attached hydrogen (secondary N) is 1. The third-order valence-electron chi connectivity index (χ3n) is 4.45. The molecule has 0 amide bonds. The van der Waals surface area contributed by atoms with Gasteiger partial charge in [-0.3, -0.25) is 0 Å². The molecule has 2 N–H and O–H groups in total. The Kier molecular flexibility index (Phi) is 4.60. The molecule has 0 unspecified atom stereocenters. The van der Waals surface area contributed by atoms with Crippen molar-refractivity contribution in [2.45, 2.75) is 12.8 Å². The van der Waals surface area contributed by atoms with Crippen LogP contribution in [-0.4, -0.2) is 41.3 Å². The van der Waals surface area contributed by atoms with E-state index in [2.05, 4.69) is 16.5 Å². The molecule has 0 saturated carbocycles. The molecule has 0 aliphatic carbocycles. The second kappa shape index (κ2) is 6.82. The number of rotatable bonds is 5. The van der Waals surface area contributed by atoms with Gasteiger partial charge in [0.05, 0.1) is 18.0 Å². The predicted octanol–water partition coefficient (Wildman–Crippen LogP) is 1.94. The zero-order valence-electron chi connectivity index (χ0n) is 12.9. The highest BCUT2D eigenvalue weighted by molar-refractivity contribution is 5.66. The number of nitriles is 1. The van der Waals surface area contributed by atoms with Gasteiger partial charge in [-0.2, -0.15) is 10.4 Å². The fraction of sp³-hybridized carbons (Fsp3) is 0.412. The van der Waals surface area contributed by atoms with Crippen LogP contribution in [0.4, 0.5) is 5.69 Å². The highest BCUT2D eigenvalue weighted by Crippen LogP contribution is 2.31. The first-order valence-electron chi connectivity index (χ1n) is 7.74. The van der Waals surface area contributed by atoms with Crippen molar-refractivity contribution in [2.24, 2.45) is 5.41 Å². The minimum Gasteiger partial charge on any atom is -0.396 e. The van der Waals surface area contributed by atoms with Crippen LogP contribution in [-0.2, 0) is 4.74 Å². The molecule has 1 aromatic heterocycles. The van der Waals surface area contributed by atoms with Gasteiger partial charge in [0.1, 0.15) is 11.6 Å². The smallest absolute Gasteiger partial charge is 0.104 e. The molecule has 0 spiro atoms. The van der Waals surface area contributed by atoms with Crippen LogP contribution in [0.5, 0.6) is 0 Å². The van der Waals surface area contributed by atoms with Crippen molar-refractivity contribution in [3.05, 3.63) is 42.2 Å². The summed E-state index contributed by atoms with van der Waals surface area (Å²) in [5.74, 6) is 0. The fourth-order valence-electron chi connectivity index (χ4n) is 2.89. The summed E-state index contributed by atoms with van der Waals surface area (Å²) in [5.41, 5.74) is 1.87. The molecule has 23 heavy (non-hydrogen) atoms. The van der Waals surface area contributed by atoms with E-state index in [1.54, 1.807) is 10.9 Å². The molecular weight excluding hydrogens is 292 g/mol. The molecule has 0 radical (unpaired) electrons. The predicted molar refractivity (Wildman–Crippen MR) is 86.3 cm³/mol.